The van der Waals surface area contributed by atoms with Gasteiger partial charge in [0.15, 0.2) is 5.12 Å². The molecule has 0 radical (unpaired) electrons. The summed E-state index contributed by atoms with van der Waals surface area (Å²) < 4.78 is 12.6. The van der Waals surface area contributed by atoms with E-state index >= 15 is 0 Å². The number of nitrogens with one attached hydrogen (secondary N) is 1. The molecule has 0 aliphatic heterocycles. The van der Waals surface area contributed by atoms with E-state index in [1.807, 2.05) is 6.07 Å². The van der Waals surface area contributed by atoms with Crippen LogP contribution >= 0.6 is 12.2 Å². The first-order chi connectivity index (χ1) is 5.25. The van der Waals surface area contributed by atoms with Gasteiger partial charge in [0.2, 0.25) is 0 Å². The minimum Gasteiger partial charge on any atom is -0.388 e. The minimum atomic E-state index is -0.574. The fraction of sp³-hybridized carbons (Fsp3) is 0.125. The molecule has 3 heteroatoms. The molecule has 0 saturated carbocycles. The number of para-hydroxylation sites is 1. The van der Waals surface area contributed by atoms with Gasteiger partial charge in [0, 0.05) is 18.3 Å². The van der Waals surface area contributed by atoms with Crippen LogP contribution in [0, 0.1) is 0 Å². The van der Waals surface area contributed by atoms with Gasteiger partial charge < -0.3 is 5.32 Å². The molecular weight excluding hydrogens is 161 g/mol. The minimum absolute atomic E-state index is 0.449. The molecule has 1 aromatic carbocycles. The van der Waals surface area contributed by atoms with Gasteiger partial charge >= 0.3 is 0 Å². The van der Waals surface area contributed by atoms with Gasteiger partial charge in [0.05, 0.1) is 0 Å². The van der Waals surface area contributed by atoms with Gasteiger partial charge in [0.25, 0.3) is 0 Å². The molecule has 0 atom stereocenters. The van der Waals surface area contributed by atoms with E-state index in [0.29, 0.717) is 5.56 Å². The molecule has 0 unspecified atom stereocenters. The van der Waals surface area contributed by atoms with Crippen molar-refractivity contribution in [1.29, 1.82) is 0 Å². The van der Waals surface area contributed by atoms with Crippen LogP contribution in [0.3, 0.4) is 0 Å². The number of anilines is 1. The predicted octanol–water partition coefficient (Wildman–Crippen LogP) is 2.37. The Labute approximate surface area is 70.2 Å². The average molecular weight is 169 g/mol. The van der Waals surface area contributed by atoms with Crippen LogP contribution in [0.1, 0.15) is 5.56 Å². The molecule has 0 spiro atoms. The van der Waals surface area contributed by atoms with Crippen molar-refractivity contribution < 1.29 is 4.39 Å². The summed E-state index contributed by atoms with van der Waals surface area (Å²) in [5.74, 6) is 0. The van der Waals surface area contributed by atoms with E-state index in [0.717, 1.165) is 5.69 Å². The number of thiocarbonyl (C=S) groups is 1. The molecule has 0 aliphatic rings. The van der Waals surface area contributed by atoms with Crippen LogP contribution in [-0.4, -0.2) is 12.2 Å². The van der Waals surface area contributed by atoms with E-state index in [9.17, 15) is 4.39 Å². The van der Waals surface area contributed by atoms with Crippen molar-refractivity contribution in [3.05, 3.63) is 29.8 Å². The Bertz CT molecular complexity index is 273. The third kappa shape index (κ3) is 1.74. The van der Waals surface area contributed by atoms with Gasteiger partial charge in [-0.3, -0.25) is 0 Å². The molecule has 0 saturated heterocycles. The molecule has 1 N–H and O–H groups in total. The number of hydrogen-bond acceptors (Lipinski definition) is 2. The summed E-state index contributed by atoms with van der Waals surface area (Å²) in [4.78, 5) is 0. The second-order valence-corrected chi connectivity index (χ2v) is 2.43. The zero-order valence-electron chi connectivity index (χ0n) is 6.10. The summed E-state index contributed by atoms with van der Waals surface area (Å²) in [5, 5.41) is 2.28. The fourth-order valence-electron chi connectivity index (χ4n) is 0.873. The van der Waals surface area contributed by atoms with Crippen LogP contribution in [0.4, 0.5) is 10.1 Å². The molecule has 0 aliphatic carbocycles. The van der Waals surface area contributed by atoms with Crippen LogP contribution < -0.4 is 5.32 Å². The lowest BCUT2D eigenvalue weighted by Gasteiger charge is -2.03. The third-order valence-electron chi connectivity index (χ3n) is 1.41. The lowest BCUT2D eigenvalue weighted by molar-refractivity contribution is 0.832. The van der Waals surface area contributed by atoms with Gasteiger partial charge in [-0.15, -0.1) is 0 Å². The zero-order valence-corrected chi connectivity index (χ0v) is 6.91. The lowest BCUT2D eigenvalue weighted by Crippen LogP contribution is -1.96. The molecule has 1 rings (SSSR count). The molecule has 0 amide bonds. The van der Waals surface area contributed by atoms with Crippen molar-refractivity contribution in [2.24, 2.45) is 0 Å². The van der Waals surface area contributed by atoms with Gasteiger partial charge in [0.1, 0.15) is 0 Å². The first-order valence-electron chi connectivity index (χ1n) is 3.22. The number of rotatable bonds is 2. The van der Waals surface area contributed by atoms with Crippen LogP contribution in [0.5, 0.6) is 0 Å². The summed E-state index contributed by atoms with van der Waals surface area (Å²) in [6.45, 7) is 0. The maximum Gasteiger partial charge on any atom is 0.195 e. The maximum absolute atomic E-state index is 12.6. The Kier molecular flexibility index (Phi) is 2.54. The highest BCUT2D eigenvalue weighted by Gasteiger charge is 2.02. The normalized spacial score (nSPS) is 9.27. The van der Waals surface area contributed by atoms with Crippen molar-refractivity contribution in [1.82, 2.24) is 0 Å². The van der Waals surface area contributed by atoms with Crippen molar-refractivity contribution >= 4 is 23.0 Å². The highest BCUT2D eigenvalue weighted by molar-refractivity contribution is 7.80. The largest absolute Gasteiger partial charge is 0.388 e. The lowest BCUT2D eigenvalue weighted by atomic mass is 10.2. The second kappa shape index (κ2) is 3.44. The molecule has 58 valence electrons. The van der Waals surface area contributed by atoms with E-state index in [1.165, 1.54) is 0 Å². The second-order valence-electron chi connectivity index (χ2n) is 2.07. The summed E-state index contributed by atoms with van der Waals surface area (Å²) >= 11 is 4.41. The molecule has 0 bridgehead atoms. The Morgan fingerprint density at radius 1 is 1.45 bits per heavy atom. The molecule has 0 fully saturated rings. The fourth-order valence-corrected chi connectivity index (χ4v) is 1.05. The number of benzene rings is 1. The molecule has 0 heterocycles. The molecule has 0 aromatic heterocycles. The van der Waals surface area contributed by atoms with Crippen molar-refractivity contribution in [2.75, 3.05) is 12.4 Å². The SMILES string of the molecule is CNc1ccccc1C(F)=S. The van der Waals surface area contributed by atoms with Gasteiger partial charge in [-0.2, -0.15) is 4.39 Å². The van der Waals surface area contributed by atoms with E-state index in [-0.39, 0.29) is 0 Å². The van der Waals surface area contributed by atoms with E-state index < -0.39 is 5.12 Å². The summed E-state index contributed by atoms with van der Waals surface area (Å²) in [6, 6.07) is 7.00. The number of hydrogen-bond donors (Lipinski definition) is 1. The van der Waals surface area contributed by atoms with Gasteiger partial charge in [-0.1, -0.05) is 12.1 Å². The van der Waals surface area contributed by atoms with Gasteiger partial charge in [-0.05, 0) is 24.4 Å². The van der Waals surface area contributed by atoms with Crippen molar-refractivity contribution in [3.8, 4) is 0 Å². The molecule has 1 aromatic rings. The Morgan fingerprint density at radius 3 is 2.55 bits per heavy atom. The Hall–Kier alpha value is -0.960. The molecule has 11 heavy (non-hydrogen) atoms. The Morgan fingerprint density at radius 2 is 2.09 bits per heavy atom. The predicted molar refractivity (Wildman–Crippen MR) is 48.8 cm³/mol. The summed E-state index contributed by atoms with van der Waals surface area (Å²) in [5.41, 5.74) is 1.17. The highest BCUT2D eigenvalue weighted by Crippen LogP contribution is 2.15. The monoisotopic (exact) mass is 169 g/mol. The van der Waals surface area contributed by atoms with Crippen molar-refractivity contribution in [2.45, 2.75) is 0 Å². The highest BCUT2D eigenvalue weighted by atomic mass is 32.1. The quantitative estimate of drug-likeness (QED) is 0.539. The van der Waals surface area contributed by atoms with Crippen LogP contribution in [0.15, 0.2) is 24.3 Å². The summed E-state index contributed by atoms with van der Waals surface area (Å²) in [7, 11) is 1.73. The first kappa shape index (κ1) is 8.14. The topological polar surface area (TPSA) is 12.0 Å². The molecular formula is C8H8FNS. The van der Waals surface area contributed by atoms with E-state index in [4.69, 9.17) is 0 Å². The van der Waals surface area contributed by atoms with Crippen molar-refractivity contribution in [3.63, 3.8) is 0 Å². The smallest absolute Gasteiger partial charge is 0.195 e. The summed E-state index contributed by atoms with van der Waals surface area (Å²) in [6.07, 6.45) is 0. The van der Waals surface area contributed by atoms with Crippen LogP contribution in [-0.2, 0) is 0 Å². The van der Waals surface area contributed by atoms with Crippen LogP contribution in [0.25, 0.3) is 0 Å². The zero-order chi connectivity index (χ0) is 8.27. The maximum atomic E-state index is 12.6. The Balaban J connectivity index is 3.12. The number of halogens is 1. The van der Waals surface area contributed by atoms with E-state index in [1.54, 1.807) is 25.2 Å². The first-order valence-corrected chi connectivity index (χ1v) is 3.63. The van der Waals surface area contributed by atoms with E-state index in [2.05, 4.69) is 17.5 Å². The van der Waals surface area contributed by atoms with Crippen LogP contribution in [0.2, 0.25) is 0 Å². The third-order valence-corrected chi connectivity index (χ3v) is 1.63. The molecule has 1 nitrogen and oxygen atoms in total. The average Bonchev–Trinajstić information content (AvgIpc) is 2.04. The standard InChI is InChI=1S/C8H8FNS/c1-10-7-5-3-2-4-6(7)8(9)11/h2-5,10H,1H3. The van der Waals surface area contributed by atoms with Gasteiger partial charge in [-0.25, -0.2) is 0 Å².